The second-order valence-corrected chi connectivity index (χ2v) is 6.57. The van der Waals surface area contributed by atoms with Crippen LogP contribution < -0.4 is 5.73 Å². The van der Waals surface area contributed by atoms with Gasteiger partial charge in [0, 0.05) is 14.2 Å². The third-order valence-electron chi connectivity index (χ3n) is 4.35. The quantitative estimate of drug-likeness (QED) is 0.294. The van der Waals surface area contributed by atoms with E-state index in [-0.39, 0.29) is 12.1 Å². The lowest BCUT2D eigenvalue weighted by Crippen LogP contribution is -2.38. The summed E-state index contributed by atoms with van der Waals surface area (Å²) in [5.41, 5.74) is 5.98. The highest BCUT2D eigenvalue weighted by molar-refractivity contribution is 4.94. The second kappa shape index (κ2) is 18.0. The summed E-state index contributed by atoms with van der Waals surface area (Å²) in [6.45, 7) is 2.81. The molecule has 0 aromatic rings. The van der Waals surface area contributed by atoms with E-state index in [1.807, 2.05) is 0 Å². The minimum atomic E-state index is -0.0847. The Morgan fingerprint density at radius 2 is 1.35 bits per heavy atom. The lowest BCUT2D eigenvalue weighted by molar-refractivity contribution is 0.0769. The maximum absolute atomic E-state index is 5.98. The number of hydrogen-bond donors (Lipinski definition) is 1. The zero-order valence-electron chi connectivity index (χ0n) is 15.9. The first-order chi connectivity index (χ1) is 11.3. The zero-order valence-corrected chi connectivity index (χ0v) is 15.9. The fourth-order valence-electron chi connectivity index (χ4n) is 2.84. The van der Waals surface area contributed by atoms with Crippen LogP contribution in [-0.4, -0.2) is 33.0 Å². The van der Waals surface area contributed by atoms with E-state index in [9.17, 15) is 0 Å². The summed E-state index contributed by atoms with van der Waals surface area (Å²) in [5.74, 6) is 0. The van der Waals surface area contributed by atoms with E-state index in [2.05, 4.69) is 19.1 Å². The van der Waals surface area contributed by atoms with Crippen LogP contribution in [0.2, 0.25) is 0 Å². The molecule has 0 spiro atoms. The molecule has 0 rings (SSSR count). The van der Waals surface area contributed by atoms with Crippen molar-refractivity contribution in [2.24, 2.45) is 5.73 Å². The van der Waals surface area contributed by atoms with Gasteiger partial charge in [-0.3, -0.25) is 0 Å². The Morgan fingerprint density at radius 1 is 0.826 bits per heavy atom. The molecule has 0 aromatic heterocycles. The van der Waals surface area contributed by atoms with Crippen molar-refractivity contribution < 1.29 is 9.47 Å². The highest BCUT2D eigenvalue weighted by atomic mass is 16.5. The zero-order chi connectivity index (χ0) is 17.2. The molecule has 138 valence electrons. The summed E-state index contributed by atoms with van der Waals surface area (Å²) < 4.78 is 10.4. The van der Waals surface area contributed by atoms with Gasteiger partial charge in [0.05, 0.1) is 18.8 Å². The van der Waals surface area contributed by atoms with Gasteiger partial charge in [-0.25, -0.2) is 0 Å². The molecule has 0 radical (unpaired) electrons. The Labute approximate surface area is 145 Å². The van der Waals surface area contributed by atoms with Crippen LogP contribution in [-0.2, 0) is 9.47 Å². The average Bonchev–Trinajstić information content (AvgIpc) is 2.55. The topological polar surface area (TPSA) is 44.5 Å². The molecular weight excluding hydrogens is 286 g/mol. The first kappa shape index (κ1) is 22.6. The molecule has 2 atom stereocenters. The van der Waals surface area contributed by atoms with Gasteiger partial charge >= 0.3 is 0 Å². The lowest BCUT2D eigenvalue weighted by atomic mass is 10.0. The highest BCUT2D eigenvalue weighted by Gasteiger charge is 2.13. The van der Waals surface area contributed by atoms with Crippen LogP contribution in [0.25, 0.3) is 0 Å². The Morgan fingerprint density at radius 3 is 1.83 bits per heavy atom. The van der Waals surface area contributed by atoms with Gasteiger partial charge in [-0.2, -0.15) is 0 Å². The van der Waals surface area contributed by atoms with Crippen LogP contribution in [0.15, 0.2) is 12.2 Å². The molecule has 0 heterocycles. The number of allylic oxidation sites excluding steroid dienone is 1. The van der Waals surface area contributed by atoms with Gasteiger partial charge in [-0.15, -0.1) is 0 Å². The maximum Gasteiger partial charge on any atom is 0.0925 e. The van der Waals surface area contributed by atoms with Crippen molar-refractivity contribution in [2.75, 3.05) is 20.8 Å². The summed E-state index contributed by atoms with van der Waals surface area (Å²) in [4.78, 5) is 0. The normalized spacial score (nSPS) is 14.4. The van der Waals surface area contributed by atoms with Gasteiger partial charge in [-0.05, 0) is 12.8 Å². The van der Waals surface area contributed by atoms with E-state index in [0.29, 0.717) is 6.61 Å². The van der Waals surface area contributed by atoms with Gasteiger partial charge in [-0.1, -0.05) is 83.3 Å². The Balaban J connectivity index is 3.39. The largest absolute Gasteiger partial charge is 0.383 e. The standard InChI is InChI=1S/C20H41NO2/c1-4-5-6-7-8-9-10-11-12-13-14-15-16-17-20(23-3)19(21)18-22-2/h16-17,19-20H,4-15,18,21H2,1-3H3/b17-16+/t19-,20+/m0/s1. The first-order valence-electron chi connectivity index (χ1n) is 9.70. The minimum Gasteiger partial charge on any atom is -0.383 e. The average molecular weight is 328 g/mol. The van der Waals surface area contributed by atoms with Crippen LogP contribution in [0.3, 0.4) is 0 Å². The number of methoxy groups -OCH3 is 2. The molecule has 0 aliphatic heterocycles. The molecule has 0 aliphatic carbocycles. The van der Waals surface area contributed by atoms with E-state index in [0.717, 1.165) is 6.42 Å². The predicted molar refractivity (Wildman–Crippen MR) is 101 cm³/mol. The van der Waals surface area contributed by atoms with E-state index >= 15 is 0 Å². The fraction of sp³-hybridized carbons (Fsp3) is 0.900. The third-order valence-corrected chi connectivity index (χ3v) is 4.35. The van der Waals surface area contributed by atoms with E-state index in [1.54, 1.807) is 14.2 Å². The van der Waals surface area contributed by atoms with Crippen LogP contribution >= 0.6 is 0 Å². The molecule has 0 aromatic carbocycles. The molecule has 0 unspecified atom stereocenters. The summed E-state index contributed by atoms with van der Waals surface area (Å²) in [5, 5.41) is 0. The first-order valence-corrected chi connectivity index (χ1v) is 9.70. The van der Waals surface area contributed by atoms with Crippen molar-refractivity contribution in [1.82, 2.24) is 0 Å². The monoisotopic (exact) mass is 327 g/mol. The third kappa shape index (κ3) is 14.9. The lowest BCUT2D eigenvalue weighted by Gasteiger charge is -2.18. The number of nitrogens with two attached hydrogens (primary N) is 1. The van der Waals surface area contributed by atoms with E-state index in [4.69, 9.17) is 15.2 Å². The molecule has 0 saturated carbocycles. The highest BCUT2D eigenvalue weighted by Crippen LogP contribution is 2.12. The SMILES string of the molecule is CCCCCCCCCCCCC/C=C/[C@@H](OC)[C@@H](N)COC. The van der Waals surface area contributed by atoms with Crippen LogP contribution in [0.5, 0.6) is 0 Å². The summed E-state index contributed by atoms with van der Waals surface area (Å²) in [7, 11) is 3.37. The van der Waals surface area contributed by atoms with Crippen molar-refractivity contribution >= 4 is 0 Å². The predicted octanol–water partition coefficient (Wildman–Crippen LogP) is 5.23. The van der Waals surface area contributed by atoms with Gasteiger partial charge in [0.25, 0.3) is 0 Å². The fourth-order valence-corrected chi connectivity index (χ4v) is 2.84. The molecule has 3 heteroatoms. The van der Waals surface area contributed by atoms with Crippen LogP contribution in [0.1, 0.15) is 84.0 Å². The molecule has 2 N–H and O–H groups in total. The van der Waals surface area contributed by atoms with Crippen LogP contribution in [0.4, 0.5) is 0 Å². The Hall–Kier alpha value is -0.380. The van der Waals surface area contributed by atoms with Gasteiger partial charge in [0.15, 0.2) is 0 Å². The number of ether oxygens (including phenoxy) is 2. The summed E-state index contributed by atoms with van der Waals surface area (Å²) in [6.07, 6.45) is 20.6. The molecule has 0 saturated heterocycles. The van der Waals surface area contributed by atoms with Crippen molar-refractivity contribution in [3.8, 4) is 0 Å². The van der Waals surface area contributed by atoms with Crippen molar-refractivity contribution in [1.29, 1.82) is 0 Å². The second-order valence-electron chi connectivity index (χ2n) is 6.57. The molecule has 23 heavy (non-hydrogen) atoms. The summed E-state index contributed by atoms with van der Waals surface area (Å²) in [6, 6.07) is -0.0847. The summed E-state index contributed by atoms with van der Waals surface area (Å²) >= 11 is 0. The molecular formula is C20H41NO2. The van der Waals surface area contributed by atoms with E-state index < -0.39 is 0 Å². The van der Waals surface area contributed by atoms with Gasteiger partial charge in [0.1, 0.15) is 0 Å². The smallest absolute Gasteiger partial charge is 0.0925 e. The molecule has 0 amide bonds. The minimum absolute atomic E-state index is 0.0392. The molecule has 3 nitrogen and oxygen atoms in total. The molecule has 0 aliphatic rings. The number of unbranched alkanes of at least 4 members (excludes halogenated alkanes) is 11. The Kier molecular flexibility index (Phi) is 17.7. The molecule has 0 fully saturated rings. The van der Waals surface area contributed by atoms with E-state index in [1.165, 1.54) is 70.6 Å². The maximum atomic E-state index is 5.98. The Bertz CT molecular complexity index is 256. The number of rotatable bonds is 17. The van der Waals surface area contributed by atoms with Crippen molar-refractivity contribution in [3.63, 3.8) is 0 Å². The molecule has 0 bridgehead atoms. The van der Waals surface area contributed by atoms with Crippen LogP contribution in [0, 0.1) is 0 Å². The van der Waals surface area contributed by atoms with Crippen molar-refractivity contribution in [3.05, 3.63) is 12.2 Å². The van der Waals surface area contributed by atoms with Crippen molar-refractivity contribution in [2.45, 2.75) is 96.1 Å². The van der Waals surface area contributed by atoms with Gasteiger partial charge in [0.2, 0.25) is 0 Å². The van der Waals surface area contributed by atoms with Gasteiger partial charge < -0.3 is 15.2 Å². The number of hydrogen-bond acceptors (Lipinski definition) is 3.